The van der Waals surface area contributed by atoms with Crippen LogP contribution in [-0.4, -0.2) is 43.5 Å². The summed E-state index contributed by atoms with van der Waals surface area (Å²) in [7, 11) is 3.04. The van der Waals surface area contributed by atoms with Crippen LogP contribution in [0.1, 0.15) is 20.8 Å². The summed E-state index contributed by atoms with van der Waals surface area (Å²) in [5, 5.41) is 12.4. The van der Waals surface area contributed by atoms with Crippen molar-refractivity contribution in [3.8, 4) is 17.2 Å². The van der Waals surface area contributed by atoms with Crippen LogP contribution in [0, 0.1) is 0 Å². The van der Waals surface area contributed by atoms with Crippen molar-refractivity contribution < 1.29 is 24.1 Å². The maximum absolute atomic E-state index is 11.5. The quantitative estimate of drug-likeness (QED) is 0.763. The number of carbonyl (C=O) groups is 1. The van der Waals surface area contributed by atoms with Crippen LogP contribution in [0.4, 0.5) is 0 Å². The van der Waals surface area contributed by atoms with Gasteiger partial charge in [0.2, 0.25) is 5.75 Å². The molecule has 0 aliphatic carbocycles. The number of aliphatic carboxylic acids is 1. The van der Waals surface area contributed by atoms with Crippen molar-refractivity contribution in [2.24, 2.45) is 0 Å². The average Bonchev–Trinajstić information content (AvgIpc) is 2.43. The topological polar surface area (TPSA) is 77.0 Å². The van der Waals surface area contributed by atoms with Gasteiger partial charge in [-0.05, 0) is 32.9 Å². The van der Waals surface area contributed by atoms with Gasteiger partial charge >= 0.3 is 5.97 Å². The number of rotatable bonds is 8. The summed E-state index contributed by atoms with van der Waals surface area (Å²) in [6.45, 7) is 5.28. The highest BCUT2D eigenvalue weighted by Crippen LogP contribution is 2.37. The van der Waals surface area contributed by atoms with Gasteiger partial charge in [-0.15, -0.1) is 0 Å². The molecular formula is C15H23NO5. The molecule has 21 heavy (non-hydrogen) atoms. The number of nitrogens with one attached hydrogen (secondary N) is 1. The summed E-state index contributed by atoms with van der Waals surface area (Å²) < 4.78 is 16.1. The van der Waals surface area contributed by atoms with Crippen molar-refractivity contribution in [3.63, 3.8) is 0 Å². The van der Waals surface area contributed by atoms with Crippen LogP contribution >= 0.6 is 0 Å². The second-order valence-electron chi connectivity index (χ2n) is 5.22. The van der Waals surface area contributed by atoms with Crippen LogP contribution in [0.2, 0.25) is 0 Å². The van der Waals surface area contributed by atoms with E-state index in [1.165, 1.54) is 14.2 Å². The summed E-state index contributed by atoms with van der Waals surface area (Å²) in [4.78, 5) is 11.5. The third kappa shape index (κ3) is 4.26. The van der Waals surface area contributed by atoms with Crippen LogP contribution in [0.3, 0.4) is 0 Å². The minimum absolute atomic E-state index is 0.00858. The Morgan fingerprint density at radius 2 is 1.81 bits per heavy atom. The Balaban J connectivity index is 2.97. The molecule has 0 radical (unpaired) electrons. The SMILES string of the molecule is COc1cccc(OC)c1OCC(C)(NC(C)C)C(=O)O. The Morgan fingerprint density at radius 3 is 2.19 bits per heavy atom. The Bertz CT molecular complexity index is 467. The molecule has 1 rings (SSSR count). The van der Waals surface area contributed by atoms with E-state index in [4.69, 9.17) is 14.2 Å². The van der Waals surface area contributed by atoms with E-state index < -0.39 is 11.5 Å². The minimum atomic E-state index is -1.21. The van der Waals surface area contributed by atoms with Gasteiger partial charge in [0.25, 0.3) is 0 Å². The molecule has 118 valence electrons. The first-order valence-electron chi connectivity index (χ1n) is 6.69. The molecule has 1 atom stereocenters. The van der Waals surface area contributed by atoms with Crippen molar-refractivity contribution >= 4 is 5.97 Å². The van der Waals surface area contributed by atoms with Gasteiger partial charge in [-0.1, -0.05) is 6.07 Å². The van der Waals surface area contributed by atoms with Gasteiger partial charge in [-0.3, -0.25) is 10.1 Å². The average molecular weight is 297 g/mol. The molecule has 0 heterocycles. The molecule has 0 bridgehead atoms. The fourth-order valence-electron chi connectivity index (χ4n) is 1.98. The molecule has 1 aromatic rings. The lowest BCUT2D eigenvalue weighted by Crippen LogP contribution is -2.56. The van der Waals surface area contributed by atoms with Crippen LogP contribution in [0.15, 0.2) is 18.2 Å². The smallest absolute Gasteiger partial charge is 0.327 e. The first-order chi connectivity index (χ1) is 9.84. The Hall–Kier alpha value is -1.95. The fourth-order valence-corrected chi connectivity index (χ4v) is 1.98. The van der Waals surface area contributed by atoms with E-state index in [9.17, 15) is 9.90 Å². The summed E-state index contributed by atoms with van der Waals surface area (Å²) in [5.41, 5.74) is -1.21. The number of hydrogen-bond donors (Lipinski definition) is 2. The molecule has 0 aromatic heterocycles. The number of methoxy groups -OCH3 is 2. The highest BCUT2D eigenvalue weighted by molar-refractivity contribution is 5.78. The van der Waals surface area contributed by atoms with Gasteiger partial charge in [-0.2, -0.15) is 0 Å². The lowest BCUT2D eigenvalue weighted by molar-refractivity contribution is -0.145. The van der Waals surface area contributed by atoms with E-state index >= 15 is 0 Å². The highest BCUT2D eigenvalue weighted by atomic mass is 16.5. The van der Waals surface area contributed by atoms with E-state index in [-0.39, 0.29) is 12.6 Å². The Morgan fingerprint density at radius 1 is 1.29 bits per heavy atom. The Kier molecular flexibility index (Phi) is 5.84. The first kappa shape index (κ1) is 17.1. The standard InChI is InChI=1S/C15H23NO5/c1-10(2)16-15(3,14(17)18)9-21-13-11(19-4)7-6-8-12(13)20-5/h6-8,10,16H,9H2,1-5H3,(H,17,18). The van der Waals surface area contributed by atoms with Gasteiger partial charge in [0, 0.05) is 6.04 Å². The normalized spacial score (nSPS) is 13.6. The van der Waals surface area contributed by atoms with Crippen molar-refractivity contribution in [2.45, 2.75) is 32.4 Å². The fraction of sp³-hybridized carbons (Fsp3) is 0.533. The van der Waals surface area contributed by atoms with Crippen LogP contribution in [0.25, 0.3) is 0 Å². The molecule has 0 aliphatic rings. The predicted octanol–water partition coefficient (Wildman–Crippen LogP) is 1.92. The number of carboxylic acids is 1. The molecule has 0 amide bonds. The maximum atomic E-state index is 11.5. The number of benzene rings is 1. The number of ether oxygens (including phenoxy) is 3. The Labute approximate surface area is 125 Å². The van der Waals surface area contributed by atoms with Gasteiger partial charge in [-0.25, -0.2) is 0 Å². The second kappa shape index (κ2) is 7.17. The molecule has 0 saturated carbocycles. The molecule has 1 aromatic carbocycles. The van der Waals surface area contributed by atoms with E-state index in [2.05, 4.69) is 5.32 Å². The molecule has 6 nitrogen and oxygen atoms in total. The molecule has 2 N–H and O–H groups in total. The van der Waals surface area contributed by atoms with E-state index in [1.54, 1.807) is 25.1 Å². The number of para-hydroxylation sites is 1. The summed E-state index contributed by atoms with van der Waals surface area (Å²) in [5.74, 6) is 0.392. The number of hydrogen-bond acceptors (Lipinski definition) is 5. The number of carboxylic acid groups (broad SMARTS) is 1. The largest absolute Gasteiger partial charge is 0.493 e. The molecular weight excluding hydrogens is 274 g/mol. The first-order valence-corrected chi connectivity index (χ1v) is 6.69. The van der Waals surface area contributed by atoms with Gasteiger partial charge in [0.1, 0.15) is 12.1 Å². The lowest BCUT2D eigenvalue weighted by atomic mass is 10.0. The van der Waals surface area contributed by atoms with Crippen molar-refractivity contribution in [1.82, 2.24) is 5.32 Å². The van der Waals surface area contributed by atoms with Crippen LogP contribution in [0.5, 0.6) is 17.2 Å². The zero-order valence-corrected chi connectivity index (χ0v) is 13.1. The van der Waals surface area contributed by atoms with Gasteiger partial charge < -0.3 is 19.3 Å². The van der Waals surface area contributed by atoms with Crippen molar-refractivity contribution in [1.29, 1.82) is 0 Å². The molecule has 0 fully saturated rings. The van der Waals surface area contributed by atoms with Gasteiger partial charge in [0.05, 0.1) is 14.2 Å². The summed E-state index contributed by atoms with van der Waals surface area (Å²) >= 11 is 0. The monoisotopic (exact) mass is 297 g/mol. The van der Waals surface area contributed by atoms with Gasteiger partial charge in [0.15, 0.2) is 11.5 Å². The molecule has 6 heteroatoms. The zero-order chi connectivity index (χ0) is 16.0. The molecule has 0 spiro atoms. The second-order valence-corrected chi connectivity index (χ2v) is 5.22. The summed E-state index contributed by atoms with van der Waals surface area (Å²) in [6.07, 6.45) is 0. The predicted molar refractivity (Wildman–Crippen MR) is 79.4 cm³/mol. The third-order valence-electron chi connectivity index (χ3n) is 2.97. The molecule has 1 unspecified atom stereocenters. The summed E-state index contributed by atoms with van der Waals surface area (Å²) in [6, 6.07) is 5.24. The highest BCUT2D eigenvalue weighted by Gasteiger charge is 2.35. The van der Waals surface area contributed by atoms with Crippen molar-refractivity contribution in [2.75, 3.05) is 20.8 Å². The van der Waals surface area contributed by atoms with Crippen LogP contribution < -0.4 is 19.5 Å². The molecule has 0 aliphatic heterocycles. The zero-order valence-electron chi connectivity index (χ0n) is 13.1. The van der Waals surface area contributed by atoms with Crippen molar-refractivity contribution in [3.05, 3.63) is 18.2 Å². The van der Waals surface area contributed by atoms with E-state index in [0.29, 0.717) is 17.2 Å². The third-order valence-corrected chi connectivity index (χ3v) is 2.97. The van der Waals surface area contributed by atoms with E-state index in [1.807, 2.05) is 13.8 Å². The van der Waals surface area contributed by atoms with E-state index in [0.717, 1.165) is 0 Å². The lowest BCUT2D eigenvalue weighted by Gasteiger charge is -2.29. The maximum Gasteiger partial charge on any atom is 0.327 e. The minimum Gasteiger partial charge on any atom is -0.493 e. The van der Waals surface area contributed by atoms with Crippen LogP contribution in [-0.2, 0) is 4.79 Å². The molecule has 0 saturated heterocycles.